The number of ether oxygens (including phenoxy) is 3. The van der Waals surface area contributed by atoms with E-state index < -0.39 is 41.6 Å². The van der Waals surface area contributed by atoms with Crippen molar-refractivity contribution in [2.75, 3.05) is 25.2 Å². The molecular weight excluding hydrogens is 596 g/mol. The Morgan fingerprint density at radius 3 is 2.71 bits per heavy atom. The van der Waals surface area contributed by atoms with Crippen LogP contribution in [0.2, 0.25) is 0 Å². The lowest BCUT2D eigenvalue weighted by Crippen LogP contribution is -2.71. The van der Waals surface area contributed by atoms with Crippen molar-refractivity contribution in [3.8, 4) is 0 Å². The Kier molecular flexibility index (Phi) is 9.61. The molecule has 3 N–H and O–H groups in total. The summed E-state index contributed by atoms with van der Waals surface area (Å²) in [6, 6.07) is -0.976. The number of carbonyl (C=O) groups is 4. The van der Waals surface area contributed by atoms with Crippen molar-refractivity contribution in [1.29, 1.82) is 0 Å². The maximum absolute atomic E-state index is 13.4. The molecule has 0 radical (unpaired) electrons. The number of β-lactam (4-membered cyclic amide) rings is 1. The van der Waals surface area contributed by atoms with E-state index in [2.05, 4.69) is 20.4 Å². The van der Waals surface area contributed by atoms with Gasteiger partial charge in [-0.25, -0.2) is 19.6 Å². The second-order valence-corrected chi connectivity index (χ2v) is 11.2. The zero-order valence-corrected chi connectivity index (χ0v) is 24.8. The van der Waals surface area contributed by atoms with Crippen molar-refractivity contribution in [1.82, 2.24) is 20.2 Å². The average Bonchev–Trinajstić information content (AvgIpc) is 3.55. The molecule has 41 heavy (non-hydrogen) atoms. The van der Waals surface area contributed by atoms with Crippen molar-refractivity contribution in [3.63, 3.8) is 0 Å². The standard InChI is InChI=1S/C24H26N6O8S3/c1-5-36-24(34)38-12(3)37-22(33)18-13(6-7-15-11(2)26-10-41-15)8-39-21-17(20(32)30(18)21)28-19(31)16(29-35-4)14-9-40-23(25)27-14/h6-7,9-10,12,17,21H,5,8H2,1-4H3,(H2,25,27)(H,28,31)/b7-6+,29-16+/t12?,17?,21-/m1/s1. The number of nitrogen functional groups attached to an aromatic ring is 1. The first kappa shape index (κ1) is 30.0. The van der Waals surface area contributed by atoms with Crippen LogP contribution >= 0.6 is 34.4 Å². The first-order valence-electron chi connectivity index (χ1n) is 12.1. The molecule has 1 saturated heterocycles. The molecule has 2 amide bonds. The lowest BCUT2D eigenvalue weighted by Gasteiger charge is -2.49. The number of esters is 1. The Bertz CT molecular complexity index is 1430. The highest BCUT2D eigenvalue weighted by Crippen LogP contribution is 2.41. The molecule has 0 spiro atoms. The number of nitrogens with two attached hydrogens (primary N) is 1. The van der Waals surface area contributed by atoms with Gasteiger partial charge in [-0.15, -0.1) is 34.4 Å². The average molecular weight is 623 g/mol. The summed E-state index contributed by atoms with van der Waals surface area (Å²) in [6.07, 6.45) is 1.22. The van der Waals surface area contributed by atoms with Gasteiger partial charge in [0.2, 0.25) is 6.29 Å². The van der Waals surface area contributed by atoms with E-state index in [9.17, 15) is 19.2 Å². The number of hydrogen-bond donors (Lipinski definition) is 2. The van der Waals surface area contributed by atoms with Crippen LogP contribution in [0.25, 0.3) is 6.08 Å². The van der Waals surface area contributed by atoms with Crippen molar-refractivity contribution < 1.29 is 38.2 Å². The molecule has 218 valence electrons. The van der Waals surface area contributed by atoms with Crippen LogP contribution in [0.4, 0.5) is 9.93 Å². The smallest absolute Gasteiger partial charge is 0.435 e. The van der Waals surface area contributed by atoms with Gasteiger partial charge in [-0.2, -0.15) is 0 Å². The number of thioether (sulfide) groups is 1. The fourth-order valence-electron chi connectivity index (χ4n) is 3.83. The quantitative estimate of drug-likeness (QED) is 0.130. The molecular formula is C24H26N6O8S3. The minimum absolute atomic E-state index is 0.0277. The summed E-state index contributed by atoms with van der Waals surface area (Å²) >= 11 is 3.89. The van der Waals surface area contributed by atoms with Crippen molar-refractivity contribution in [2.24, 2.45) is 5.16 Å². The largest absolute Gasteiger partial charge is 0.511 e. The van der Waals surface area contributed by atoms with E-state index in [1.54, 1.807) is 24.6 Å². The van der Waals surface area contributed by atoms with Gasteiger partial charge in [-0.3, -0.25) is 14.5 Å². The predicted octanol–water partition coefficient (Wildman–Crippen LogP) is 2.27. The Hall–Kier alpha value is -3.96. The number of aromatic nitrogens is 2. The highest BCUT2D eigenvalue weighted by molar-refractivity contribution is 8.00. The number of aryl methyl sites for hydroxylation is 1. The van der Waals surface area contributed by atoms with Crippen LogP contribution in [0.1, 0.15) is 30.1 Å². The fraction of sp³-hybridized carbons (Fsp3) is 0.375. The van der Waals surface area contributed by atoms with Gasteiger partial charge in [-0.1, -0.05) is 11.2 Å². The molecule has 0 aliphatic carbocycles. The van der Waals surface area contributed by atoms with Crippen LogP contribution in [0, 0.1) is 6.92 Å². The predicted molar refractivity (Wildman–Crippen MR) is 152 cm³/mol. The van der Waals surface area contributed by atoms with E-state index in [0.29, 0.717) is 11.3 Å². The minimum atomic E-state index is -1.29. The summed E-state index contributed by atoms with van der Waals surface area (Å²) in [4.78, 5) is 66.6. The number of hydrogen-bond acceptors (Lipinski definition) is 15. The Morgan fingerprint density at radius 2 is 2.07 bits per heavy atom. The van der Waals surface area contributed by atoms with Gasteiger partial charge in [0.05, 0.1) is 17.8 Å². The molecule has 2 aliphatic rings. The van der Waals surface area contributed by atoms with Crippen LogP contribution < -0.4 is 11.1 Å². The van der Waals surface area contributed by atoms with Crippen LogP contribution in [-0.2, 0) is 33.4 Å². The molecule has 17 heteroatoms. The highest BCUT2D eigenvalue weighted by Gasteiger charge is 2.54. The molecule has 0 bridgehead atoms. The Morgan fingerprint density at radius 1 is 1.29 bits per heavy atom. The molecule has 2 aromatic heterocycles. The molecule has 14 nitrogen and oxygen atoms in total. The molecule has 2 aliphatic heterocycles. The molecule has 2 unspecified atom stereocenters. The summed E-state index contributed by atoms with van der Waals surface area (Å²) in [6.45, 7) is 4.89. The normalized spacial score (nSPS) is 19.4. The molecule has 1 fully saturated rings. The highest BCUT2D eigenvalue weighted by atomic mass is 32.2. The Balaban J connectivity index is 1.57. The minimum Gasteiger partial charge on any atom is -0.435 e. The van der Waals surface area contributed by atoms with E-state index in [4.69, 9.17) is 24.8 Å². The lowest BCUT2D eigenvalue weighted by molar-refractivity contribution is -0.168. The summed E-state index contributed by atoms with van der Waals surface area (Å²) in [5.41, 5.74) is 8.71. The van der Waals surface area contributed by atoms with E-state index in [0.717, 1.165) is 21.9 Å². The number of nitrogens with one attached hydrogen (secondary N) is 1. The topological polar surface area (TPSA) is 185 Å². The van der Waals surface area contributed by atoms with Crippen LogP contribution in [0.3, 0.4) is 0 Å². The number of nitrogens with zero attached hydrogens (tertiary/aromatic N) is 4. The molecule has 4 rings (SSSR count). The molecule has 0 aromatic carbocycles. The van der Waals surface area contributed by atoms with Gasteiger partial charge in [0.1, 0.15) is 29.9 Å². The summed E-state index contributed by atoms with van der Waals surface area (Å²) in [7, 11) is 1.27. The van der Waals surface area contributed by atoms with Gasteiger partial charge in [0.25, 0.3) is 11.8 Å². The van der Waals surface area contributed by atoms with Gasteiger partial charge >= 0.3 is 12.1 Å². The van der Waals surface area contributed by atoms with E-state index in [1.807, 2.05) is 6.92 Å². The zero-order chi connectivity index (χ0) is 29.7. The number of carbonyl (C=O) groups excluding carboxylic acids is 4. The van der Waals surface area contributed by atoms with E-state index in [1.165, 1.54) is 47.4 Å². The molecule has 2 aromatic rings. The monoisotopic (exact) mass is 622 g/mol. The zero-order valence-electron chi connectivity index (χ0n) is 22.3. The number of amides is 2. The molecule has 4 heterocycles. The van der Waals surface area contributed by atoms with Crippen molar-refractivity contribution in [2.45, 2.75) is 38.5 Å². The first-order chi connectivity index (χ1) is 19.6. The number of allylic oxidation sites excluding steroid dienone is 1. The van der Waals surface area contributed by atoms with Gasteiger partial charge in [0.15, 0.2) is 10.8 Å². The summed E-state index contributed by atoms with van der Waals surface area (Å²) in [5, 5.41) is 7.54. The van der Waals surface area contributed by atoms with Gasteiger partial charge in [0, 0.05) is 22.9 Å². The maximum atomic E-state index is 13.4. The van der Waals surface area contributed by atoms with Crippen molar-refractivity contribution in [3.05, 3.63) is 44.5 Å². The van der Waals surface area contributed by atoms with Gasteiger partial charge in [-0.05, 0) is 25.5 Å². The number of rotatable bonds is 10. The Labute approximate surface area is 246 Å². The van der Waals surface area contributed by atoms with Crippen LogP contribution in [-0.4, -0.2) is 81.7 Å². The summed E-state index contributed by atoms with van der Waals surface area (Å²) < 4.78 is 15.0. The third kappa shape index (κ3) is 6.68. The maximum Gasteiger partial charge on any atom is 0.511 e. The van der Waals surface area contributed by atoms with Crippen LogP contribution in [0.5, 0.6) is 0 Å². The van der Waals surface area contributed by atoms with Gasteiger partial charge < -0.3 is 30.1 Å². The fourth-order valence-corrected chi connectivity index (χ4v) is 6.39. The number of anilines is 1. The van der Waals surface area contributed by atoms with E-state index in [-0.39, 0.29) is 28.8 Å². The van der Waals surface area contributed by atoms with Crippen molar-refractivity contribution >= 4 is 75.3 Å². The van der Waals surface area contributed by atoms with Crippen LogP contribution in [0.15, 0.2) is 33.4 Å². The first-order valence-corrected chi connectivity index (χ1v) is 14.9. The number of thiazole rings is 2. The lowest BCUT2D eigenvalue weighted by atomic mass is 10.0. The second kappa shape index (κ2) is 13.1. The third-order valence-corrected chi connectivity index (χ3v) is 8.53. The number of oxime groups is 1. The summed E-state index contributed by atoms with van der Waals surface area (Å²) in [5.74, 6) is -1.82. The number of fused-ring (bicyclic) bond motifs is 1. The SMILES string of the molecule is CCOC(=O)OC(C)OC(=O)C1=C(/C=C/c2scnc2C)CS[C@@H]2C(NC(=O)/C(=N/OC)c3csc(N)n3)C(=O)N12. The molecule has 3 atom stereocenters. The second-order valence-electron chi connectivity index (χ2n) is 8.34. The third-order valence-electron chi connectivity index (χ3n) is 5.66. The molecule has 0 saturated carbocycles. The van der Waals surface area contributed by atoms with E-state index >= 15 is 0 Å².